The molecule has 6 heteroatoms. The monoisotopic (exact) mass is 262 g/mol. The number of hydrogen-bond acceptors (Lipinski definition) is 4. The molecule has 1 aliphatic carbocycles. The summed E-state index contributed by atoms with van der Waals surface area (Å²) in [6, 6.07) is 0.0167. The van der Waals surface area contributed by atoms with Gasteiger partial charge in [-0.25, -0.2) is 8.42 Å². The molecule has 0 saturated heterocycles. The van der Waals surface area contributed by atoms with E-state index in [9.17, 15) is 13.2 Å². The fourth-order valence-corrected chi connectivity index (χ4v) is 2.75. The second kappa shape index (κ2) is 6.35. The molecule has 17 heavy (non-hydrogen) atoms. The molecule has 0 spiro atoms. The molecular formula is C11H22N2O3S. The minimum absolute atomic E-state index is 0.0413. The van der Waals surface area contributed by atoms with Gasteiger partial charge in [-0.15, -0.1) is 0 Å². The van der Waals surface area contributed by atoms with Gasteiger partial charge >= 0.3 is 0 Å². The van der Waals surface area contributed by atoms with Gasteiger partial charge in [0.25, 0.3) is 0 Å². The number of sulfone groups is 1. The van der Waals surface area contributed by atoms with E-state index in [0.717, 1.165) is 12.8 Å². The Bertz CT molecular complexity index is 350. The van der Waals surface area contributed by atoms with E-state index in [0.29, 0.717) is 19.0 Å². The van der Waals surface area contributed by atoms with Crippen LogP contribution in [0.2, 0.25) is 0 Å². The number of carbonyl (C=O) groups is 1. The summed E-state index contributed by atoms with van der Waals surface area (Å²) in [6.07, 6.45) is 2.76. The lowest BCUT2D eigenvalue weighted by Gasteiger charge is -2.13. The molecule has 1 amide bonds. The van der Waals surface area contributed by atoms with Crippen molar-refractivity contribution in [3.63, 3.8) is 0 Å². The number of rotatable bonds is 8. The van der Waals surface area contributed by atoms with Gasteiger partial charge in [0, 0.05) is 18.3 Å². The van der Waals surface area contributed by atoms with Crippen LogP contribution >= 0.6 is 0 Å². The maximum Gasteiger partial charge on any atom is 0.237 e. The maximum atomic E-state index is 11.6. The van der Waals surface area contributed by atoms with E-state index in [2.05, 4.69) is 10.6 Å². The molecule has 1 aliphatic rings. The van der Waals surface area contributed by atoms with E-state index in [1.165, 1.54) is 0 Å². The zero-order chi connectivity index (χ0) is 12.9. The number of carbonyl (C=O) groups excluding carboxylic acids is 1. The van der Waals surface area contributed by atoms with Crippen LogP contribution in [0.15, 0.2) is 0 Å². The van der Waals surface area contributed by atoms with Crippen LogP contribution in [0.25, 0.3) is 0 Å². The molecule has 1 rings (SSSR count). The second-order valence-corrected chi connectivity index (χ2v) is 6.91. The van der Waals surface area contributed by atoms with E-state index >= 15 is 0 Å². The minimum atomic E-state index is -2.96. The summed E-state index contributed by atoms with van der Waals surface area (Å²) in [5.41, 5.74) is 0. The van der Waals surface area contributed by atoms with Gasteiger partial charge < -0.3 is 10.6 Å². The van der Waals surface area contributed by atoms with Crippen molar-refractivity contribution in [3.05, 3.63) is 0 Å². The van der Waals surface area contributed by atoms with Crippen LogP contribution in [0.4, 0.5) is 0 Å². The van der Waals surface area contributed by atoms with Gasteiger partial charge in [0.05, 0.1) is 11.8 Å². The van der Waals surface area contributed by atoms with Crippen molar-refractivity contribution in [2.75, 3.05) is 18.1 Å². The third-order valence-electron chi connectivity index (χ3n) is 2.70. The molecule has 0 aromatic rings. The minimum Gasteiger partial charge on any atom is -0.352 e. The summed E-state index contributed by atoms with van der Waals surface area (Å²) in [5.74, 6) is 0.277. The molecule has 0 aliphatic heterocycles. The zero-order valence-corrected chi connectivity index (χ0v) is 11.3. The summed E-state index contributed by atoms with van der Waals surface area (Å²) in [4.78, 5) is 11.6. The molecule has 1 atom stereocenters. The topological polar surface area (TPSA) is 75.3 Å². The van der Waals surface area contributed by atoms with Crippen molar-refractivity contribution >= 4 is 15.7 Å². The summed E-state index contributed by atoms with van der Waals surface area (Å²) >= 11 is 0. The molecule has 0 aromatic heterocycles. The van der Waals surface area contributed by atoms with Gasteiger partial charge in [-0.1, -0.05) is 6.92 Å². The molecule has 0 heterocycles. The second-order valence-electron chi connectivity index (χ2n) is 4.61. The van der Waals surface area contributed by atoms with Crippen molar-refractivity contribution in [1.82, 2.24) is 10.6 Å². The third-order valence-corrected chi connectivity index (χ3v) is 4.55. The molecule has 1 saturated carbocycles. The fourth-order valence-electron chi connectivity index (χ4n) is 1.49. The van der Waals surface area contributed by atoms with Crippen molar-refractivity contribution in [1.29, 1.82) is 0 Å². The van der Waals surface area contributed by atoms with E-state index in [4.69, 9.17) is 0 Å². The van der Waals surface area contributed by atoms with Crippen LogP contribution in [0, 0.1) is 0 Å². The van der Waals surface area contributed by atoms with Crippen molar-refractivity contribution < 1.29 is 13.2 Å². The molecule has 1 fully saturated rings. The first-order chi connectivity index (χ1) is 7.94. The highest BCUT2D eigenvalue weighted by Gasteiger charge is 2.25. The average molecular weight is 262 g/mol. The predicted octanol–water partition coefficient (Wildman–Crippen LogP) is 0.0679. The number of amides is 1. The van der Waals surface area contributed by atoms with E-state index in [1.807, 2.05) is 6.92 Å². The summed E-state index contributed by atoms with van der Waals surface area (Å²) in [6.45, 7) is 3.93. The number of hydrogen-bond donors (Lipinski definition) is 2. The molecule has 0 radical (unpaired) electrons. The van der Waals surface area contributed by atoms with Crippen LogP contribution in [0.1, 0.15) is 33.1 Å². The van der Waals surface area contributed by atoms with E-state index in [-0.39, 0.29) is 23.5 Å². The smallest absolute Gasteiger partial charge is 0.237 e. The highest BCUT2D eigenvalue weighted by Crippen LogP contribution is 2.18. The standard InChI is InChI=1S/C11H22N2O3S/c1-3-7-17(15,16)8-6-12-9(2)11(14)13-10-4-5-10/h9-10,12H,3-8H2,1-2H3,(H,13,14). The Kier molecular flexibility index (Phi) is 5.39. The number of nitrogens with one attached hydrogen (secondary N) is 2. The Morgan fingerprint density at radius 2 is 2.00 bits per heavy atom. The fraction of sp³-hybridized carbons (Fsp3) is 0.909. The first-order valence-corrected chi connectivity index (χ1v) is 8.01. The third kappa shape index (κ3) is 6.02. The van der Waals surface area contributed by atoms with Crippen LogP contribution in [0.5, 0.6) is 0 Å². The first kappa shape index (κ1) is 14.4. The lowest BCUT2D eigenvalue weighted by Crippen LogP contribution is -2.44. The normalized spacial score (nSPS) is 17.8. The Labute approximate surface area is 103 Å². The van der Waals surface area contributed by atoms with Gasteiger partial charge in [0.2, 0.25) is 5.91 Å². The Balaban J connectivity index is 2.18. The van der Waals surface area contributed by atoms with Crippen molar-refractivity contribution in [2.45, 2.75) is 45.2 Å². The SMILES string of the molecule is CCCS(=O)(=O)CCNC(C)C(=O)NC1CC1. The van der Waals surface area contributed by atoms with Crippen molar-refractivity contribution in [3.8, 4) is 0 Å². The Hall–Kier alpha value is -0.620. The van der Waals surface area contributed by atoms with Gasteiger partial charge in [0.15, 0.2) is 9.84 Å². The van der Waals surface area contributed by atoms with Crippen LogP contribution < -0.4 is 10.6 Å². The van der Waals surface area contributed by atoms with Gasteiger partial charge in [0.1, 0.15) is 0 Å². The Morgan fingerprint density at radius 3 is 2.53 bits per heavy atom. The quantitative estimate of drug-likeness (QED) is 0.649. The van der Waals surface area contributed by atoms with E-state index in [1.54, 1.807) is 6.92 Å². The van der Waals surface area contributed by atoms with Crippen molar-refractivity contribution in [2.24, 2.45) is 0 Å². The molecular weight excluding hydrogens is 240 g/mol. The zero-order valence-electron chi connectivity index (χ0n) is 10.5. The summed E-state index contributed by atoms with van der Waals surface area (Å²) < 4.78 is 22.9. The molecule has 5 nitrogen and oxygen atoms in total. The van der Waals surface area contributed by atoms with E-state index < -0.39 is 9.84 Å². The predicted molar refractivity (Wildman–Crippen MR) is 67.6 cm³/mol. The van der Waals surface area contributed by atoms with Gasteiger partial charge in [-0.05, 0) is 26.2 Å². The maximum absolute atomic E-state index is 11.6. The molecule has 1 unspecified atom stereocenters. The first-order valence-electron chi connectivity index (χ1n) is 6.19. The summed E-state index contributed by atoms with van der Waals surface area (Å²) in [7, 11) is -2.96. The largest absolute Gasteiger partial charge is 0.352 e. The molecule has 0 bridgehead atoms. The molecule has 2 N–H and O–H groups in total. The summed E-state index contributed by atoms with van der Waals surface area (Å²) in [5, 5.41) is 5.81. The Morgan fingerprint density at radius 1 is 1.35 bits per heavy atom. The van der Waals surface area contributed by atoms with Gasteiger partial charge in [-0.2, -0.15) is 0 Å². The molecule has 0 aromatic carbocycles. The average Bonchev–Trinajstić information content (AvgIpc) is 3.00. The van der Waals surface area contributed by atoms with Gasteiger partial charge in [-0.3, -0.25) is 4.79 Å². The highest BCUT2D eigenvalue weighted by atomic mass is 32.2. The van der Waals surface area contributed by atoms with Crippen LogP contribution in [-0.2, 0) is 14.6 Å². The van der Waals surface area contributed by atoms with Crippen LogP contribution in [0.3, 0.4) is 0 Å². The highest BCUT2D eigenvalue weighted by molar-refractivity contribution is 7.91. The van der Waals surface area contributed by atoms with Crippen LogP contribution in [-0.4, -0.2) is 44.5 Å². The lowest BCUT2D eigenvalue weighted by atomic mass is 10.3. The lowest BCUT2D eigenvalue weighted by molar-refractivity contribution is -0.122. The molecule has 100 valence electrons.